The first kappa shape index (κ1) is 17.9. The van der Waals surface area contributed by atoms with Crippen LogP contribution in [0.5, 0.6) is 0 Å². The van der Waals surface area contributed by atoms with Gasteiger partial charge in [0.05, 0.1) is 10.3 Å². The van der Waals surface area contributed by atoms with Crippen LogP contribution in [0.4, 0.5) is 5.69 Å². The van der Waals surface area contributed by atoms with Crippen LogP contribution in [0, 0.1) is 6.92 Å². The monoisotopic (exact) mass is 381 g/mol. The van der Waals surface area contributed by atoms with E-state index in [1.54, 1.807) is 4.57 Å². The van der Waals surface area contributed by atoms with Gasteiger partial charge in [0, 0.05) is 18.7 Å². The number of amides is 1. The number of carbonyl (C=O) groups excluding carboxylic acids is 1. The summed E-state index contributed by atoms with van der Waals surface area (Å²) in [6.07, 6.45) is 1.78. The topological polar surface area (TPSA) is 64.0 Å². The zero-order chi connectivity index (χ0) is 19.3. The SMILES string of the molecule is Cc1c(C(=O)Nc2ccc(C(C)(C)C)cc2)sc2nc3n(c(=O)c12)CCC3. The molecule has 3 aromatic rings. The van der Waals surface area contributed by atoms with Gasteiger partial charge in [-0.1, -0.05) is 32.9 Å². The van der Waals surface area contributed by atoms with Crippen molar-refractivity contribution in [3.05, 3.63) is 56.4 Å². The van der Waals surface area contributed by atoms with Gasteiger partial charge < -0.3 is 5.32 Å². The highest BCUT2D eigenvalue weighted by Crippen LogP contribution is 2.30. The molecule has 0 bridgehead atoms. The zero-order valence-corrected chi connectivity index (χ0v) is 16.9. The van der Waals surface area contributed by atoms with E-state index in [1.807, 2.05) is 31.2 Å². The third-order valence-electron chi connectivity index (χ3n) is 5.13. The van der Waals surface area contributed by atoms with Crippen molar-refractivity contribution < 1.29 is 4.79 Å². The molecule has 4 rings (SSSR count). The van der Waals surface area contributed by atoms with Gasteiger partial charge in [0.2, 0.25) is 0 Å². The number of benzene rings is 1. The fraction of sp³-hybridized carbons (Fsp3) is 0.381. The van der Waals surface area contributed by atoms with Crippen molar-refractivity contribution in [3.8, 4) is 0 Å². The van der Waals surface area contributed by atoms with Crippen LogP contribution in [-0.2, 0) is 18.4 Å². The lowest BCUT2D eigenvalue weighted by molar-refractivity contribution is 0.103. The molecule has 1 aromatic carbocycles. The van der Waals surface area contributed by atoms with E-state index in [0.717, 1.165) is 29.9 Å². The molecule has 0 fully saturated rings. The van der Waals surface area contributed by atoms with Gasteiger partial charge in [0.15, 0.2) is 0 Å². The van der Waals surface area contributed by atoms with Crippen LogP contribution in [0.3, 0.4) is 0 Å². The quantitative estimate of drug-likeness (QED) is 0.721. The van der Waals surface area contributed by atoms with Crippen molar-refractivity contribution in [2.45, 2.75) is 52.5 Å². The molecule has 2 aromatic heterocycles. The highest BCUT2D eigenvalue weighted by Gasteiger charge is 2.23. The fourth-order valence-electron chi connectivity index (χ4n) is 3.53. The summed E-state index contributed by atoms with van der Waals surface area (Å²) in [5, 5.41) is 3.53. The van der Waals surface area contributed by atoms with Gasteiger partial charge in [-0.25, -0.2) is 4.98 Å². The molecule has 1 aliphatic heterocycles. The Balaban J connectivity index is 1.66. The van der Waals surface area contributed by atoms with Crippen LogP contribution in [0.25, 0.3) is 10.2 Å². The average molecular weight is 382 g/mol. The second-order valence-electron chi connectivity index (χ2n) is 8.11. The Morgan fingerprint density at radius 1 is 1.22 bits per heavy atom. The molecule has 0 aliphatic carbocycles. The first-order valence-corrected chi connectivity index (χ1v) is 10.0. The Bertz CT molecular complexity index is 1100. The summed E-state index contributed by atoms with van der Waals surface area (Å²) >= 11 is 1.30. The standard InChI is InChI=1S/C21H23N3O2S/c1-12-16-19(23-15-6-5-11-24(15)20(16)26)27-17(12)18(25)22-14-9-7-13(8-10-14)21(2,3)4/h7-10H,5-6,11H2,1-4H3,(H,22,25). The number of rotatable bonds is 2. The predicted molar refractivity (Wildman–Crippen MR) is 110 cm³/mol. The normalized spacial score (nSPS) is 13.8. The summed E-state index contributed by atoms with van der Waals surface area (Å²) in [4.78, 5) is 31.4. The van der Waals surface area contributed by atoms with E-state index in [1.165, 1.54) is 16.9 Å². The highest BCUT2D eigenvalue weighted by atomic mass is 32.1. The van der Waals surface area contributed by atoms with Crippen LogP contribution < -0.4 is 10.9 Å². The Morgan fingerprint density at radius 2 is 1.93 bits per heavy atom. The number of aryl methyl sites for hydroxylation is 2. The summed E-state index contributed by atoms with van der Waals surface area (Å²) in [5.74, 6) is 0.641. The lowest BCUT2D eigenvalue weighted by atomic mass is 9.87. The van der Waals surface area contributed by atoms with Crippen molar-refractivity contribution in [1.82, 2.24) is 9.55 Å². The molecule has 0 spiro atoms. The molecule has 0 saturated heterocycles. The molecule has 1 N–H and O–H groups in total. The molecule has 6 heteroatoms. The Morgan fingerprint density at radius 3 is 2.59 bits per heavy atom. The Kier molecular flexibility index (Phi) is 4.18. The third kappa shape index (κ3) is 3.08. The molecule has 140 valence electrons. The van der Waals surface area contributed by atoms with Crippen LogP contribution in [0.15, 0.2) is 29.1 Å². The molecule has 0 saturated carbocycles. The number of carbonyl (C=O) groups is 1. The van der Waals surface area contributed by atoms with Crippen molar-refractivity contribution in [2.75, 3.05) is 5.32 Å². The van der Waals surface area contributed by atoms with Crippen LogP contribution in [0.2, 0.25) is 0 Å². The smallest absolute Gasteiger partial charge is 0.266 e. The minimum Gasteiger partial charge on any atom is -0.321 e. The van der Waals surface area contributed by atoms with E-state index >= 15 is 0 Å². The molecule has 0 atom stereocenters. The van der Waals surface area contributed by atoms with E-state index in [-0.39, 0.29) is 16.9 Å². The van der Waals surface area contributed by atoms with Gasteiger partial charge in [-0.3, -0.25) is 14.2 Å². The van der Waals surface area contributed by atoms with Gasteiger partial charge in [-0.2, -0.15) is 0 Å². The Labute approximate surface area is 162 Å². The van der Waals surface area contributed by atoms with Gasteiger partial charge in [-0.15, -0.1) is 11.3 Å². The van der Waals surface area contributed by atoms with Crippen molar-refractivity contribution in [3.63, 3.8) is 0 Å². The number of fused-ring (bicyclic) bond motifs is 2. The molecule has 0 unspecified atom stereocenters. The van der Waals surface area contributed by atoms with Gasteiger partial charge in [-0.05, 0) is 42.0 Å². The molecule has 1 amide bonds. The molecular weight excluding hydrogens is 358 g/mol. The molecule has 1 aliphatic rings. The lowest BCUT2D eigenvalue weighted by Crippen LogP contribution is -2.20. The predicted octanol–water partition coefficient (Wildman–Crippen LogP) is 4.26. The summed E-state index contributed by atoms with van der Waals surface area (Å²) in [6, 6.07) is 7.91. The van der Waals surface area contributed by atoms with Gasteiger partial charge in [0.1, 0.15) is 10.7 Å². The number of hydrogen-bond acceptors (Lipinski definition) is 4. The summed E-state index contributed by atoms with van der Waals surface area (Å²) in [5.41, 5.74) is 2.73. The minimum atomic E-state index is -0.191. The number of thiophene rings is 1. The minimum absolute atomic E-state index is 0.0187. The summed E-state index contributed by atoms with van der Waals surface area (Å²) < 4.78 is 1.75. The summed E-state index contributed by atoms with van der Waals surface area (Å²) in [7, 11) is 0. The molecule has 3 heterocycles. The van der Waals surface area contributed by atoms with E-state index in [9.17, 15) is 9.59 Å². The number of aromatic nitrogens is 2. The molecular formula is C21H23N3O2S. The average Bonchev–Trinajstić information content (AvgIpc) is 3.20. The van der Waals surface area contributed by atoms with Crippen molar-refractivity contribution in [1.29, 1.82) is 0 Å². The van der Waals surface area contributed by atoms with E-state index in [0.29, 0.717) is 21.6 Å². The van der Waals surface area contributed by atoms with Crippen LogP contribution in [0.1, 0.15) is 53.8 Å². The molecule has 27 heavy (non-hydrogen) atoms. The third-order valence-corrected chi connectivity index (χ3v) is 6.31. The largest absolute Gasteiger partial charge is 0.321 e. The number of nitrogens with zero attached hydrogens (tertiary/aromatic N) is 2. The Hall–Kier alpha value is -2.47. The van der Waals surface area contributed by atoms with Crippen molar-refractivity contribution in [2.24, 2.45) is 0 Å². The first-order valence-electron chi connectivity index (χ1n) is 9.20. The van der Waals surface area contributed by atoms with E-state index in [4.69, 9.17) is 0 Å². The molecule has 0 radical (unpaired) electrons. The van der Waals surface area contributed by atoms with Crippen molar-refractivity contribution >= 4 is 33.1 Å². The summed E-state index contributed by atoms with van der Waals surface area (Å²) in [6.45, 7) is 9.02. The van der Waals surface area contributed by atoms with Crippen LogP contribution in [-0.4, -0.2) is 15.5 Å². The maximum atomic E-state index is 12.8. The number of anilines is 1. The van der Waals surface area contributed by atoms with E-state index < -0.39 is 0 Å². The second kappa shape index (κ2) is 6.30. The van der Waals surface area contributed by atoms with E-state index in [2.05, 4.69) is 31.1 Å². The second-order valence-corrected chi connectivity index (χ2v) is 9.11. The number of nitrogens with one attached hydrogen (secondary N) is 1. The molecule has 5 nitrogen and oxygen atoms in total. The van der Waals surface area contributed by atoms with Gasteiger partial charge >= 0.3 is 0 Å². The highest BCUT2D eigenvalue weighted by molar-refractivity contribution is 7.20. The van der Waals surface area contributed by atoms with Gasteiger partial charge in [0.25, 0.3) is 11.5 Å². The lowest BCUT2D eigenvalue weighted by Gasteiger charge is -2.19. The maximum absolute atomic E-state index is 12.8. The fourth-order valence-corrected chi connectivity index (χ4v) is 4.62. The first-order chi connectivity index (χ1) is 12.8. The maximum Gasteiger partial charge on any atom is 0.266 e. The number of hydrogen-bond donors (Lipinski definition) is 1. The van der Waals surface area contributed by atoms with Crippen LogP contribution >= 0.6 is 11.3 Å². The zero-order valence-electron chi connectivity index (χ0n) is 16.0.